The van der Waals surface area contributed by atoms with Gasteiger partial charge in [-0.3, -0.25) is 0 Å². The molecule has 0 fully saturated rings. The first-order valence-corrected chi connectivity index (χ1v) is 15.4. The van der Waals surface area contributed by atoms with Crippen molar-refractivity contribution < 1.29 is 36.2 Å². The molecule has 0 saturated carbocycles. The summed E-state index contributed by atoms with van der Waals surface area (Å²) in [4.78, 5) is 11.8. The second kappa shape index (κ2) is 11.8. The Bertz CT molecular complexity index is 1920. The van der Waals surface area contributed by atoms with Crippen molar-refractivity contribution in [3.8, 4) is 35.0 Å². The number of aromatic hydroxyl groups is 1. The summed E-state index contributed by atoms with van der Waals surface area (Å²) >= 11 is 0. The van der Waals surface area contributed by atoms with E-state index < -0.39 is 19.7 Å². The van der Waals surface area contributed by atoms with Gasteiger partial charge in [-0.25, -0.2) is 16.8 Å². The highest BCUT2D eigenvalue weighted by atomic mass is 32.2. The van der Waals surface area contributed by atoms with Crippen LogP contribution in [0.3, 0.4) is 0 Å². The number of sulfone groups is 2. The Hall–Kier alpha value is -5.01. The number of ether oxygens (including phenoxy) is 3. The van der Waals surface area contributed by atoms with Crippen LogP contribution in [-0.2, 0) is 19.7 Å². The summed E-state index contributed by atoms with van der Waals surface area (Å²) in [6, 6.07) is 22.6. The van der Waals surface area contributed by atoms with E-state index in [1.807, 2.05) is 0 Å². The van der Waals surface area contributed by atoms with E-state index in [0.717, 1.165) is 6.33 Å². The molecule has 0 saturated heterocycles. The van der Waals surface area contributed by atoms with Gasteiger partial charge in [0.2, 0.25) is 19.7 Å². The van der Waals surface area contributed by atoms with Crippen LogP contribution >= 0.6 is 0 Å². The van der Waals surface area contributed by atoms with Crippen LogP contribution in [0.25, 0.3) is 0 Å². The van der Waals surface area contributed by atoms with Gasteiger partial charge >= 0.3 is 12.0 Å². The molecule has 1 N–H and O–H groups in total. The number of benzene rings is 4. The summed E-state index contributed by atoms with van der Waals surface area (Å²) in [5.74, 6) is -0.0572. The van der Waals surface area contributed by atoms with Crippen LogP contribution in [0.5, 0.6) is 35.0 Å². The van der Waals surface area contributed by atoms with Crippen LogP contribution in [0, 0.1) is 0 Å². The first-order chi connectivity index (χ1) is 20.2. The van der Waals surface area contributed by atoms with Gasteiger partial charge < -0.3 is 19.3 Å². The smallest absolute Gasteiger partial charge is 0.328 e. The van der Waals surface area contributed by atoms with E-state index in [4.69, 9.17) is 14.2 Å². The number of phenolic OH excluding ortho intramolecular Hbond substituents is 1. The number of rotatable bonds is 10. The molecule has 0 bridgehead atoms. The summed E-state index contributed by atoms with van der Waals surface area (Å²) in [6.07, 6.45) is 1.16. The SMILES string of the molecule is CCOc1ncnc(Oc2c(Oc3ccc(S(=O)(=O)c4ccc(O)cc4)cc3)cccc2S(=O)(=O)c2ccccc2)n1. The van der Waals surface area contributed by atoms with Gasteiger partial charge in [0.1, 0.15) is 22.7 Å². The number of para-hydroxylation sites is 1. The van der Waals surface area contributed by atoms with Crippen molar-refractivity contribution in [3.05, 3.63) is 103 Å². The van der Waals surface area contributed by atoms with Crippen molar-refractivity contribution in [2.75, 3.05) is 6.61 Å². The molecule has 1 heterocycles. The topological polar surface area (TPSA) is 155 Å². The summed E-state index contributed by atoms with van der Waals surface area (Å²) in [5, 5.41) is 9.48. The Labute approximate surface area is 241 Å². The molecule has 0 amide bonds. The average molecular weight is 606 g/mol. The number of hydrogen-bond donors (Lipinski definition) is 1. The Kier molecular flexibility index (Phi) is 8.04. The zero-order valence-corrected chi connectivity index (χ0v) is 23.6. The first-order valence-electron chi connectivity index (χ1n) is 12.4. The molecule has 5 aromatic rings. The predicted octanol–water partition coefficient (Wildman–Crippen LogP) is 5.23. The fourth-order valence-electron chi connectivity index (χ4n) is 3.80. The van der Waals surface area contributed by atoms with Gasteiger partial charge in [0.25, 0.3) is 0 Å². The lowest BCUT2D eigenvalue weighted by Crippen LogP contribution is -2.07. The van der Waals surface area contributed by atoms with Gasteiger partial charge in [-0.2, -0.15) is 9.97 Å². The maximum atomic E-state index is 13.6. The molecule has 0 aliphatic rings. The Balaban J connectivity index is 1.53. The van der Waals surface area contributed by atoms with E-state index in [2.05, 4.69) is 15.0 Å². The van der Waals surface area contributed by atoms with Gasteiger partial charge in [-0.1, -0.05) is 24.3 Å². The molecular weight excluding hydrogens is 582 g/mol. The zero-order valence-electron chi connectivity index (χ0n) is 22.0. The molecule has 0 spiro atoms. The van der Waals surface area contributed by atoms with E-state index in [1.165, 1.54) is 78.9 Å². The van der Waals surface area contributed by atoms with E-state index in [-0.39, 0.29) is 61.2 Å². The molecule has 214 valence electrons. The maximum absolute atomic E-state index is 13.6. The fraction of sp³-hybridized carbons (Fsp3) is 0.0690. The molecule has 11 nitrogen and oxygen atoms in total. The second-order valence-corrected chi connectivity index (χ2v) is 12.4. The zero-order chi connectivity index (χ0) is 29.7. The normalized spacial score (nSPS) is 11.5. The summed E-state index contributed by atoms with van der Waals surface area (Å²) in [6.45, 7) is 2.04. The van der Waals surface area contributed by atoms with E-state index in [9.17, 15) is 21.9 Å². The minimum atomic E-state index is -4.09. The van der Waals surface area contributed by atoms with Gasteiger partial charge in [-0.05, 0) is 79.7 Å². The fourth-order valence-corrected chi connectivity index (χ4v) is 6.47. The molecular formula is C29H23N3O8S2. The molecule has 0 unspecified atom stereocenters. The van der Waals surface area contributed by atoms with E-state index in [0.29, 0.717) is 0 Å². The second-order valence-electron chi connectivity index (χ2n) is 8.56. The molecule has 5 rings (SSSR count). The lowest BCUT2D eigenvalue weighted by molar-refractivity contribution is 0.301. The molecule has 1 aromatic heterocycles. The third-order valence-corrected chi connectivity index (χ3v) is 9.37. The van der Waals surface area contributed by atoms with Gasteiger partial charge in [0.05, 0.1) is 21.3 Å². The third kappa shape index (κ3) is 6.01. The average Bonchev–Trinajstić information content (AvgIpc) is 2.99. The van der Waals surface area contributed by atoms with Crippen LogP contribution < -0.4 is 14.2 Å². The number of nitrogens with zero attached hydrogens (tertiary/aromatic N) is 3. The van der Waals surface area contributed by atoms with Crippen LogP contribution in [0.2, 0.25) is 0 Å². The van der Waals surface area contributed by atoms with Crippen molar-refractivity contribution in [1.82, 2.24) is 15.0 Å². The van der Waals surface area contributed by atoms with Crippen molar-refractivity contribution >= 4 is 19.7 Å². The van der Waals surface area contributed by atoms with Crippen LogP contribution in [0.15, 0.2) is 123 Å². The van der Waals surface area contributed by atoms with Crippen molar-refractivity contribution in [2.45, 2.75) is 26.5 Å². The maximum Gasteiger partial charge on any atom is 0.328 e. The molecule has 42 heavy (non-hydrogen) atoms. The molecule has 13 heteroatoms. The van der Waals surface area contributed by atoms with Gasteiger partial charge in [0, 0.05) is 0 Å². The van der Waals surface area contributed by atoms with E-state index >= 15 is 0 Å². The van der Waals surface area contributed by atoms with Gasteiger partial charge in [-0.15, -0.1) is 4.98 Å². The molecule has 0 aliphatic carbocycles. The summed E-state index contributed by atoms with van der Waals surface area (Å²) < 4.78 is 70.5. The highest BCUT2D eigenvalue weighted by Crippen LogP contribution is 2.41. The van der Waals surface area contributed by atoms with Crippen LogP contribution in [0.4, 0.5) is 0 Å². The Morgan fingerprint density at radius 2 is 1.29 bits per heavy atom. The lowest BCUT2D eigenvalue weighted by atomic mass is 10.3. The highest BCUT2D eigenvalue weighted by Gasteiger charge is 2.27. The molecule has 0 atom stereocenters. The minimum Gasteiger partial charge on any atom is -0.508 e. The van der Waals surface area contributed by atoms with Crippen molar-refractivity contribution in [1.29, 1.82) is 0 Å². The Morgan fingerprint density at radius 3 is 1.95 bits per heavy atom. The van der Waals surface area contributed by atoms with Gasteiger partial charge in [0.15, 0.2) is 11.5 Å². The first kappa shape index (κ1) is 28.5. The summed E-state index contributed by atoms with van der Waals surface area (Å²) in [5.41, 5.74) is 0. The Morgan fingerprint density at radius 1 is 0.667 bits per heavy atom. The largest absolute Gasteiger partial charge is 0.508 e. The van der Waals surface area contributed by atoms with Crippen LogP contribution in [0.1, 0.15) is 6.92 Å². The number of phenols is 1. The third-order valence-electron chi connectivity index (χ3n) is 5.79. The molecule has 0 aliphatic heterocycles. The van der Waals surface area contributed by atoms with Crippen molar-refractivity contribution in [2.24, 2.45) is 0 Å². The standard InChI is InChI=1S/C29H23N3O8S2/c1-2-38-28-30-19-31-29(32-28)40-27-25(9-6-10-26(27)42(36,37)22-7-4-3-5-8-22)39-21-13-17-24(18-14-21)41(34,35)23-15-11-20(33)12-16-23/h3-19,33H,2H2,1H3. The van der Waals surface area contributed by atoms with Crippen LogP contribution in [-0.4, -0.2) is 43.5 Å². The molecule has 4 aromatic carbocycles. The monoisotopic (exact) mass is 605 g/mol. The quantitative estimate of drug-likeness (QED) is 0.223. The highest BCUT2D eigenvalue weighted by molar-refractivity contribution is 7.91. The molecule has 0 radical (unpaired) electrons. The number of aromatic nitrogens is 3. The van der Waals surface area contributed by atoms with Crippen molar-refractivity contribution in [3.63, 3.8) is 0 Å². The number of hydrogen-bond acceptors (Lipinski definition) is 11. The van der Waals surface area contributed by atoms with E-state index in [1.54, 1.807) is 25.1 Å². The minimum absolute atomic E-state index is 0.000444. The lowest BCUT2D eigenvalue weighted by Gasteiger charge is -2.16. The predicted molar refractivity (Wildman–Crippen MR) is 149 cm³/mol. The summed E-state index contributed by atoms with van der Waals surface area (Å²) in [7, 11) is -7.95.